The van der Waals surface area contributed by atoms with Crippen LogP contribution in [0.25, 0.3) is 0 Å². The highest BCUT2D eigenvalue weighted by Crippen LogP contribution is 2.28. The van der Waals surface area contributed by atoms with E-state index in [0.717, 1.165) is 6.92 Å². The highest BCUT2D eigenvalue weighted by Gasteiger charge is 2.20. The quantitative estimate of drug-likeness (QED) is 0.614. The summed E-state index contributed by atoms with van der Waals surface area (Å²) in [7, 11) is 0. The van der Waals surface area contributed by atoms with E-state index in [0.29, 0.717) is 0 Å². The second-order valence-corrected chi connectivity index (χ2v) is 3.76. The minimum absolute atomic E-state index is 0.0990. The molecule has 2 N–H and O–H groups in total. The van der Waals surface area contributed by atoms with Crippen LogP contribution >= 0.6 is 11.8 Å². The summed E-state index contributed by atoms with van der Waals surface area (Å²) < 4.78 is 39.5. The smallest absolute Gasteiger partial charge is 0.165 e. The lowest BCUT2D eigenvalue weighted by atomic mass is 10.1. The van der Waals surface area contributed by atoms with Crippen LogP contribution in [0.2, 0.25) is 0 Å². The molecule has 0 unspecified atom stereocenters. The lowest BCUT2D eigenvalue weighted by molar-refractivity contribution is 0.482. The van der Waals surface area contributed by atoms with Crippen LogP contribution in [0.15, 0.2) is 0 Å². The van der Waals surface area contributed by atoms with Gasteiger partial charge >= 0.3 is 0 Å². The first-order chi connectivity index (χ1) is 6.50. The van der Waals surface area contributed by atoms with Crippen LogP contribution in [-0.4, -0.2) is 6.26 Å². The Hall–Kier alpha value is -0.840. The van der Waals surface area contributed by atoms with E-state index in [1.54, 1.807) is 6.26 Å². The van der Waals surface area contributed by atoms with Crippen LogP contribution in [-0.2, 0) is 5.75 Å². The van der Waals surface area contributed by atoms with Gasteiger partial charge in [0.15, 0.2) is 17.5 Å². The molecule has 0 aliphatic rings. The Labute approximate surface area is 84.5 Å². The van der Waals surface area contributed by atoms with Gasteiger partial charge in [-0.25, -0.2) is 13.2 Å². The van der Waals surface area contributed by atoms with Crippen molar-refractivity contribution in [1.29, 1.82) is 0 Å². The van der Waals surface area contributed by atoms with E-state index in [-0.39, 0.29) is 22.6 Å². The molecule has 0 saturated heterocycles. The molecule has 1 rings (SSSR count). The molecule has 0 heterocycles. The van der Waals surface area contributed by atoms with Crippen LogP contribution in [0.3, 0.4) is 0 Å². The van der Waals surface area contributed by atoms with Crippen molar-refractivity contribution < 1.29 is 13.2 Å². The Morgan fingerprint density at radius 3 is 2.21 bits per heavy atom. The van der Waals surface area contributed by atoms with Crippen LogP contribution in [0.5, 0.6) is 0 Å². The molecular formula is C9H10F3NS. The molecule has 1 nitrogen and oxygen atoms in total. The molecule has 5 heteroatoms. The van der Waals surface area contributed by atoms with Gasteiger partial charge in [0, 0.05) is 16.9 Å². The third-order valence-corrected chi connectivity index (χ3v) is 2.54. The van der Waals surface area contributed by atoms with Crippen molar-refractivity contribution >= 4 is 17.4 Å². The van der Waals surface area contributed by atoms with Crippen molar-refractivity contribution in [3.05, 3.63) is 28.6 Å². The normalized spacial score (nSPS) is 10.6. The van der Waals surface area contributed by atoms with E-state index in [4.69, 9.17) is 5.73 Å². The number of hydrogen-bond donors (Lipinski definition) is 1. The lowest BCUT2D eigenvalue weighted by Gasteiger charge is -2.10. The summed E-state index contributed by atoms with van der Waals surface area (Å²) >= 11 is 1.25. The van der Waals surface area contributed by atoms with Gasteiger partial charge in [0.05, 0.1) is 5.69 Å². The van der Waals surface area contributed by atoms with Gasteiger partial charge in [0.2, 0.25) is 0 Å². The van der Waals surface area contributed by atoms with E-state index in [1.807, 2.05) is 0 Å². The number of rotatable bonds is 2. The second kappa shape index (κ2) is 4.13. The first-order valence-corrected chi connectivity index (χ1v) is 5.30. The summed E-state index contributed by atoms with van der Waals surface area (Å²) in [6.07, 6.45) is 1.70. The SMILES string of the molecule is CSCc1c(N)c(F)c(C)c(F)c1F. The van der Waals surface area contributed by atoms with Gasteiger partial charge in [-0.3, -0.25) is 0 Å². The summed E-state index contributed by atoms with van der Waals surface area (Å²) in [6, 6.07) is 0. The highest BCUT2D eigenvalue weighted by atomic mass is 32.2. The third-order valence-electron chi connectivity index (χ3n) is 1.97. The first kappa shape index (κ1) is 11.2. The number of halogens is 3. The standard InChI is InChI=1S/C9H10F3NS/c1-4-6(10)8(12)5(3-14-2)9(13)7(4)11/h3,13H2,1-2H3. The number of hydrogen-bond acceptors (Lipinski definition) is 2. The predicted molar refractivity (Wildman–Crippen MR) is 52.7 cm³/mol. The Bertz CT molecular complexity index is 337. The zero-order chi connectivity index (χ0) is 10.9. The van der Waals surface area contributed by atoms with Gasteiger partial charge < -0.3 is 5.73 Å². The molecular weight excluding hydrogens is 211 g/mol. The minimum Gasteiger partial charge on any atom is -0.396 e. The fraction of sp³-hybridized carbons (Fsp3) is 0.333. The van der Waals surface area contributed by atoms with Gasteiger partial charge in [0.1, 0.15) is 0 Å². The fourth-order valence-corrected chi connectivity index (χ4v) is 1.70. The fourth-order valence-electron chi connectivity index (χ4n) is 1.13. The van der Waals surface area contributed by atoms with E-state index in [2.05, 4.69) is 0 Å². The van der Waals surface area contributed by atoms with Crippen LogP contribution < -0.4 is 5.73 Å². The monoisotopic (exact) mass is 221 g/mol. The van der Waals surface area contributed by atoms with E-state index in [9.17, 15) is 13.2 Å². The average Bonchev–Trinajstić information content (AvgIpc) is 2.19. The van der Waals surface area contributed by atoms with Crippen molar-refractivity contribution in [2.75, 3.05) is 12.0 Å². The molecule has 0 fully saturated rings. The van der Waals surface area contributed by atoms with Gasteiger partial charge in [-0.05, 0) is 13.2 Å². The summed E-state index contributed by atoms with van der Waals surface area (Å²) in [5, 5.41) is 0. The molecule has 78 valence electrons. The topological polar surface area (TPSA) is 26.0 Å². The number of nitrogens with two attached hydrogens (primary N) is 1. The Balaban J connectivity index is 3.43. The Kier molecular flexibility index (Phi) is 3.31. The zero-order valence-corrected chi connectivity index (χ0v) is 8.64. The molecule has 0 amide bonds. The molecule has 0 aromatic heterocycles. The second-order valence-electron chi connectivity index (χ2n) is 2.89. The van der Waals surface area contributed by atoms with Crippen molar-refractivity contribution in [2.45, 2.75) is 12.7 Å². The van der Waals surface area contributed by atoms with E-state index in [1.165, 1.54) is 11.8 Å². The van der Waals surface area contributed by atoms with E-state index < -0.39 is 17.5 Å². The summed E-state index contributed by atoms with van der Waals surface area (Å²) in [6.45, 7) is 1.16. The first-order valence-electron chi connectivity index (χ1n) is 3.91. The molecule has 0 saturated carbocycles. The molecule has 0 aliphatic carbocycles. The minimum atomic E-state index is -1.15. The predicted octanol–water partition coefficient (Wildman–Crippen LogP) is 2.86. The van der Waals surface area contributed by atoms with Crippen LogP contribution in [0.4, 0.5) is 18.9 Å². The lowest BCUT2D eigenvalue weighted by Crippen LogP contribution is -2.06. The zero-order valence-electron chi connectivity index (χ0n) is 7.83. The van der Waals surface area contributed by atoms with Gasteiger partial charge in [-0.1, -0.05) is 0 Å². The van der Waals surface area contributed by atoms with Crippen LogP contribution in [0, 0.1) is 24.4 Å². The molecule has 1 aromatic rings. The molecule has 14 heavy (non-hydrogen) atoms. The third kappa shape index (κ3) is 1.68. The Morgan fingerprint density at radius 1 is 1.14 bits per heavy atom. The number of nitrogen functional groups attached to an aromatic ring is 1. The highest BCUT2D eigenvalue weighted by molar-refractivity contribution is 7.97. The van der Waals surface area contributed by atoms with Crippen molar-refractivity contribution in [2.24, 2.45) is 0 Å². The van der Waals surface area contributed by atoms with Crippen molar-refractivity contribution in [3.8, 4) is 0 Å². The Morgan fingerprint density at radius 2 is 1.71 bits per heavy atom. The number of anilines is 1. The summed E-state index contributed by atoms with van der Waals surface area (Å²) in [5.41, 5.74) is 4.58. The molecule has 0 aliphatic heterocycles. The number of benzene rings is 1. The summed E-state index contributed by atoms with van der Waals surface area (Å²) in [5.74, 6) is -2.91. The van der Waals surface area contributed by atoms with Crippen LogP contribution in [0.1, 0.15) is 11.1 Å². The molecule has 0 radical (unpaired) electrons. The maximum atomic E-state index is 13.3. The molecule has 0 spiro atoms. The van der Waals surface area contributed by atoms with Crippen molar-refractivity contribution in [3.63, 3.8) is 0 Å². The molecule has 0 atom stereocenters. The average molecular weight is 221 g/mol. The van der Waals surface area contributed by atoms with Gasteiger partial charge in [0.25, 0.3) is 0 Å². The van der Waals surface area contributed by atoms with Gasteiger partial charge in [-0.15, -0.1) is 0 Å². The van der Waals surface area contributed by atoms with Crippen molar-refractivity contribution in [1.82, 2.24) is 0 Å². The largest absolute Gasteiger partial charge is 0.396 e. The van der Waals surface area contributed by atoms with Gasteiger partial charge in [-0.2, -0.15) is 11.8 Å². The molecule has 0 bridgehead atoms. The number of thioether (sulfide) groups is 1. The maximum Gasteiger partial charge on any atom is 0.165 e. The molecule has 1 aromatic carbocycles. The summed E-state index contributed by atoms with van der Waals surface area (Å²) in [4.78, 5) is 0. The maximum absolute atomic E-state index is 13.3. The van der Waals surface area contributed by atoms with E-state index >= 15 is 0 Å².